The summed E-state index contributed by atoms with van der Waals surface area (Å²) in [5, 5.41) is 0. The van der Waals surface area contributed by atoms with Crippen LogP contribution in [-0.4, -0.2) is 12.1 Å². The predicted octanol–water partition coefficient (Wildman–Crippen LogP) is 4.48. The van der Waals surface area contributed by atoms with Crippen molar-refractivity contribution < 1.29 is 18.3 Å². The SMILES string of the molecule is CCCCCCC(C)OC(=O)c1cccc(F)c1F. The highest BCUT2D eigenvalue weighted by Crippen LogP contribution is 2.15. The number of halogens is 2. The first kappa shape index (κ1) is 15.6. The fraction of sp³-hybridized carbons (Fsp3) is 0.533. The van der Waals surface area contributed by atoms with Crippen molar-refractivity contribution >= 4 is 5.97 Å². The van der Waals surface area contributed by atoms with Crippen LogP contribution in [0.1, 0.15) is 56.3 Å². The molecule has 0 N–H and O–H groups in total. The third-order valence-electron chi connectivity index (χ3n) is 2.94. The molecule has 19 heavy (non-hydrogen) atoms. The summed E-state index contributed by atoms with van der Waals surface area (Å²) in [6.45, 7) is 3.89. The van der Waals surface area contributed by atoms with E-state index in [-0.39, 0.29) is 11.7 Å². The lowest BCUT2D eigenvalue weighted by atomic mass is 10.1. The summed E-state index contributed by atoms with van der Waals surface area (Å²) in [7, 11) is 0. The molecular formula is C15H20F2O2. The van der Waals surface area contributed by atoms with E-state index < -0.39 is 17.6 Å². The quantitative estimate of drug-likeness (QED) is 0.539. The Morgan fingerprint density at radius 1 is 1.26 bits per heavy atom. The van der Waals surface area contributed by atoms with E-state index in [0.29, 0.717) is 0 Å². The maximum absolute atomic E-state index is 13.4. The van der Waals surface area contributed by atoms with Crippen LogP contribution >= 0.6 is 0 Å². The zero-order valence-electron chi connectivity index (χ0n) is 11.4. The molecule has 0 aliphatic heterocycles. The van der Waals surface area contributed by atoms with E-state index in [4.69, 9.17) is 4.74 Å². The number of benzene rings is 1. The highest BCUT2D eigenvalue weighted by molar-refractivity contribution is 5.89. The van der Waals surface area contributed by atoms with E-state index >= 15 is 0 Å². The molecule has 1 rings (SSSR count). The maximum atomic E-state index is 13.4. The second-order valence-electron chi connectivity index (χ2n) is 4.67. The molecule has 0 spiro atoms. The van der Waals surface area contributed by atoms with Crippen LogP contribution in [0.15, 0.2) is 18.2 Å². The zero-order valence-corrected chi connectivity index (χ0v) is 11.4. The molecule has 0 fully saturated rings. The molecule has 0 saturated heterocycles. The van der Waals surface area contributed by atoms with Crippen LogP contribution in [0.4, 0.5) is 8.78 Å². The van der Waals surface area contributed by atoms with Crippen molar-refractivity contribution in [2.75, 3.05) is 0 Å². The molecule has 0 heterocycles. The summed E-state index contributed by atoms with van der Waals surface area (Å²) in [5.74, 6) is -2.99. The Morgan fingerprint density at radius 2 is 2.00 bits per heavy atom. The van der Waals surface area contributed by atoms with Gasteiger partial charge in [-0.05, 0) is 31.9 Å². The third kappa shape index (κ3) is 4.97. The van der Waals surface area contributed by atoms with Gasteiger partial charge in [0.05, 0.1) is 11.7 Å². The Kier molecular flexibility index (Phi) is 6.46. The first-order chi connectivity index (χ1) is 9.06. The van der Waals surface area contributed by atoms with E-state index in [1.807, 2.05) is 0 Å². The van der Waals surface area contributed by atoms with Gasteiger partial charge in [-0.15, -0.1) is 0 Å². The van der Waals surface area contributed by atoms with Crippen molar-refractivity contribution in [1.29, 1.82) is 0 Å². The van der Waals surface area contributed by atoms with Gasteiger partial charge in [0.2, 0.25) is 0 Å². The molecule has 1 aromatic carbocycles. The molecule has 1 unspecified atom stereocenters. The van der Waals surface area contributed by atoms with E-state index in [1.165, 1.54) is 12.1 Å². The topological polar surface area (TPSA) is 26.3 Å². The van der Waals surface area contributed by atoms with Crippen molar-refractivity contribution in [3.63, 3.8) is 0 Å². The van der Waals surface area contributed by atoms with Crippen molar-refractivity contribution in [2.24, 2.45) is 0 Å². The second kappa shape index (κ2) is 7.87. The number of hydrogen-bond acceptors (Lipinski definition) is 2. The molecule has 0 amide bonds. The largest absolute Gasteiger partial charge is 0.459 e. The molecule has 106 valence electrons. The van der Waals surface area contributed by atoms with E-state index in [1.54, 1.807) is 6.92 Å². The van der Waals surface area contributed by atoms with E-state index in [9.17, 15) is 13.6 Å². The Labute approximate surface area is 112 Å². The van der Waals surface area contributed by atoms with Crippen molar-refractivity contribution in [3.05, 3.63) is 35.4 Å². The van der Waals surface area contributed by atoms with Crippen molar-refractivity contribution in [1.82, 2.24) is 0 Å². The van der Waals surface area contributed by atoms with Crippen LogP contribution in [0, 0.1) is 11.6 Å². The standard InChI is InChI=1S/C15H20F2O2/c1-3-4-5-6-8-11(2)19-15(18)12-9-7-10-13(16)14(12)17/h7,9-11H,3-6,8H2,1-2H3. The molecule has 0 radical (unpaired) electrons. The summed E-state index contributed by atoms with van der Waals surface area (Å²) in [4.78, 5) is 11.7. The zero-order chi connectivity index (χ0) is 14.3. The number of unbranched alkanes of at least 4 members (excludes halogenated alkanes) is 3. The number of ether oxygens (including phenoxy) is 1. The van der Waals surface area contributed by atoms with Gasteiger partial charge >= 0.3 is 5.97 Å². The lowest BCUT2D eigenvalue weighted by Gasteiger charge is -2.13. The minimum atomic E-state index is -1.15. The molecular weight excluding hydrogens is 250 g/mol. The highest BCUT2D eigenvalue weighted by atomic mass is 19.2. The van der Waals surface area contributed by atoms with Gasteiger partial charge in [-0.3, -0.25) is 0 Å². The minimum absolute atomic E-state index is 0.285. The Bertz CT molecular complexity index is 419. The van der Waals surface area contributed by atoms with Crippen LogP contribution in [-0.2, 0) is 4.74 Å². The monoisotopic (exact) mass is 270 g/mol. The highest BCUT2D eigenvalue weighted by Gasteiger charge is 2.18. The van der Waals surface area contributed by atoms with E-state index in [0.717, 1.165) is 38.2 Å². The fourth-order valence-corrected chi connectivity index (χ4v) is 1.83. The normalized spacial score (nSPS) is 12.2. The number of esters is 1. The number of carbonyl (C=O) groups excluding carboxylic acids is 1. The maximum Gasteiger partial charge on any atom is 0.341 e. The van der Waals surface area contributed by atoms with Crippen LogP contribution in [0.2, 0.25) is 0 Å². The number of hydrogen-bond donors (Lipinski definition) is 0. The lowest BCUT2D eigenvalue weighted by Crippen LogP contribution is -2.16. The molecule has 4 heteroatoms. The fourth-order valence-electron chi connectivity index (χ4n) is 1.83. The summed E-state index contributed by atoms with van der Waals surface area (Å²) in [6.07, 6.45) is 4.80. The molecule has 0 bridgehead atoms. The summed E-state index contributed by atoms with van der Waals surface area (Å²) in [6, 6.07) is 3.49. The molecule has 0 aliphatic carbocycles. The second-order valence-corrected chi connectivity index (χ2v) is 4.67. The van der Waals surface area contributed by atoms with Gasteiger partial charge in [-0.25, -0.2) is 13.6 Å². The van der Waals surface area contributed by atoms with Gasteiger partial charge in [0.25, 0.3) is 0 Å². The van der Waals surface area contributed by atoms with Crippen LogP contribution in [0.25, 0.3) is 0 Å². The van der Waals surface area contributed by atoms with Crippen molar-refractivity contribution in [3.8, 4) is 0 Å². The first-order valence-corrected chi connectivity index (χ1v) is 6.71. The Hall–Kier alpha value is -1.45. The third-order valence-corrected chi connectivity index (χ3v) is 2.94. The minimum Gasteiger partial charge on any atom is -0.459 e. The molecule has 0 aromatic heterocycles. The lowest BCUT2D eigenvalue weighted by molar-refractivity contribution is 0.0313. The van der Waals surface area contributed by atoms with Gasteiger partial charge in [-0.2, -0.15) is 0 Å². The molecule has 1 aromatic rings. The van der Waals surface area contributed by atoms with Crippen LogP contribution < -0.4 is 0 Å². The summed E-state index contributed by atoms with van der Waals surface area (Å²) in [5.41, 5.74) is -0.347. The first-order valence-electron chi connectivity index (χ1n) is 6.71. The van der Waals surface area contributed by atoms with E-state index in [2.05, 4.69) is 6.92 Å². The van der Waals surface area contributed by atoms with Gasteiger partial charge in [-0.1, -0.05) is 32.3 Å². The molecule has 0 saturated carbocycles. The number of rotatable bonds is 7. The van der Waals surface area contributed by atoms with Gasteiger partial charge < -0.3 is 4.74 Å². The van der Waals surface area contributed by atoms with Crippen LogP contribution in [0.3, 0.4) is 0 Å². The molecule has 0 aliphatic rings. The number of carbonyl (C=O) groups is 1. The average molecular weight is 270 g/mol. The van der Waals surface area contributed by atoms with Gasteiger partial charge in [0.1, 0.15) is 0 Å². The Balaban J connectivity index is 2.48. The molecule has 1 atom stereocenters. The van der Waals surface area contributed by atoms with Crippen molar-refractivity contribution in [2.45, 2.75) is 52.1 Å². The average Bonchev–Trinajstić information content (AvgIpc) is 2.38. The summed E-state index contributed by atoms with van der Waals surface area (Å²) < 4.78 is 31.5. The van der Waals surface area contributed by atoms with Crippen LogP contribution in [0.5, 0.6) is 0 Å². The Morgan fingerprint density at radius 3 is 2.68 bits per heavy atom. The summed E-state index contributed by atoms with van der Waals surface area (Å²) >= 11 is 0. The van der Waals surface area contributed by atoms with Gasteiger partial charge in [0.15, 0.2) is 11.6 Å². The smallest absolute Gasteiger partial charge is 0.341 e. The molecule has 2 nitrogen and oxygen atoms in total. The van der Waals surface area contributed by atoms with Gasteiger partial charge in [0, 0.05) is 0 Å². The predicted molar refractivity (Wildman–Crippen MR) is 70.0 cm³/mol.